The highest BCUT2D eigenvalue weighted by atomic mass is 16.3. The van der Waals surface area contributed by atoms with Crippen molar-refractivity contribution in [3.63, 3.8) is 0 Å². The first-order chi connectivity index (χ1) is 8.99. The van der Waals surface area contributed by atoms with Gasteiger partial charge in [-0.3, -0.25) is 4.79 Å². The summed E-state index contributed by atoms with van der Waals surface area (Å²) < 4.78 is 1.98. The summed E-state index contributed by atoms with van der Waals surface area (Å²) in [4.78, 5) is 15.7. The first-order valence-electron chi connectivity index (χ1n) is 6.67. The van der Waals surface area contributed by atoms with Gasteiger partial charge in [-0.05, 0) is 50.8 Å². The van der Waals surface area contributed by atoms with Crippen molar-refractivity contribution >= 4 is 17.3 Å². The van der Waals surface area contributed by atoms with Gasteiger partial charge in [0.2, 0.25) is 0 Å². The third kappa shape index (κ3) is 2.28. The number of pyridine rings is 1. The van der Waals surface area contributed by atoms with Gasteiger partial charge >= 0.3 is 0 Å². The fourth-order valence-electron chi connectivity index (χ4n) is 2.34. The van der Waals surface area contributed by atoms with Crippen molar-refractivity contribution in [2.24, 2.45) is 5.92 Å². The minimum atomic E-state index is -0.968. The van der Waals surface area contributed by atoms with E-state index in [1.807, 2.05) is 22.8 Å². The van der Waals surface area contributed by atoms with Crippen molar-refractivity contribution in [3.05, 3.63) is 29.6 Å². The molecule has 0 aliphatic heterocycles. The van der Waals surface area contributed by atoms with Gasteiger partial charge in [0.05, 0.1) is 11.4 Å². The molecular formula is C15H18N2O2. The number of aldehydes is 1. The minimum absolute atomic E-state index is 0.632. The molecule has 3 rings (SSSR count). The largest absolute Gasteiger partial charge is 0.384 e. The number of fused-ring (bicyclic) bond motifs is 1. The molecule has 0 aromatic carbocycles. The van der Waals surface area contributed by atoms with Crippen LogP contribution in [0.15, 0.2) is 18.2 Å². The van der Waals surface area contributed by atoms with E-state index in [1.54, 1.807) is 13.8 Å². The molecule has 0 saturated heterocycles. The van der Waals surface area contributed by atoms with E-state index in [0.717, 1.165) is 23.9 Å². The SMILES string of the molecule is CC(C)(O)c1ccc2cc(C=O)n(CC3CC3)c2n1. The predicted molar refractivity (Wildman–Crippen MR) is 73.1 cm³/mol. The molecule has 19 heavy (non-hydrogen) atoms. The highest BCUT2D eigenvalue weighted by molar-refractivity contribution is 5.86. The second-order valence-electron chi connectivity index (χ2n) is 5.91. The molecule has 0 bridgehead atoms. The third-order valence-electron chi connectivity index (χ3n) is 3.66. The molecule has 0 unspecified atom stereocenters. The fraction of sp³-hybridized carbons (Fsp3) is 0.467. The molecule has 0 radical (unpaired) electrons. The summed E-state index contributed by atoms with van der Waals surface area (Å²) >= 11 is 0. The monoisotopic (exact) mass is 258 g/mol. The van der Waals surface area contributed by atoms with Gasteiger partial charge in [0.25, 0.3) is 0 Å². The maximum Gasteiger partial charge on any atom is 0.166 e. The molecule has 1 saturated carbocycles. The highest BCUT2D eigenvalue weighted by Gasteiger charge is 2.25. The molecule has 0 spiro atoms. The van der Waals surface area contributed by atoms with Gasteiger partial charge in [-0.2, -0.15) is 0 Å². The summed E-state index contributed by atoms with van der Waals surface area (Å²) in [5, 5.41) is 11.0. The third-order valence-corrected chi connectivity index (χ3v) is 3.66. The van der Waals surface area contributed by atoms with Crippen molar-refractivity contribution in [3.8, 4) is 0 Å². The molecular weight excluding hydrogens is 240 g/mol. The number of carbonyl (C=O) groups is 1. The van der Waals surface area contributed by atoms with Crippen molar-refractivity contribution in [2.45, 2.75) is 38.8 Å². The Hall–Kier alpha value is -1.68. The predicted octanol–water partition coefficient (Wildman–Crippen LogP) is 2.49. The zero-order valence-electron chi connectivity index (χ0n) is 11.3. The first kappa shape index (κ1) is 12.4. The topological polar surface area (TPSA) is 55.1 Å². The number of hydrogen-bond acceptors (Lipinski definition) is 3. The van der Waals surface area contributed by atoms with E-state index in [9.17, 15) is 9.90 Å². The van der Waals surface area contributed by atoms with Crippen LogP contribution < -0.4 is 0 Å². The molecule has 0 atom stereocenters. The van der Waals surface area contributed by atoms with Crippen LogP contribution in [0.4, 0.5) is 0 Å². The average Bonchev–Trinajstić information content (AvgIpc) is 3.09. The summed E-state index contributed by atoms with van der Waals surface area (Å²) in [6, 6.07) is 5.61. The number of aromatic nitrogens is 2. The Bertz CT molecular complexity index is 633. The molecule has 1 N–H and O–H groups in total. The van der Waals surface area contributed by atoms with E-state index in [1.165, 1.54) is 12.8 Å². The van der Waals surface area contributed by atoms with Gasteiger partial charge in [-0.25, -0.2) is 4.98 Å². The van der Waals surface area contributed by atoms with Crippen LogP contribution in [-0.4, -0.2) is 20.9 Å². The summed E-state index contributed by atoms with van der Waals surface area (Å²) in [5.74, 6) is 0.668. The van der Waals surface area contributed by atoms with Crippen LogP contribution >= 0.6 is 0 Å². The number of aliphatic hydroxyl groups is 1. The van der Waals surface area contributed by atoms with Gasteiger partial charge in [-0.1, -0.05) is 0 Å². The normalized spacial score (nSPS) is 15.9. The van der Waals surface area contributed by atoms with E-state index < -0.39 is 5.60 Å². The van der Waals surface area contributed by atoms with Gasteiger partial charge in [0.15, 0.2) is 6.29 Å². The minimum Gasteiger partial charge on any atom is -0.384 e. The van der Waals surface area contributed by atoms with Crippen LogP contribution in [0.5, 0.6) is 0 Å². The molecule has 2 aromatic rings. The zero-order valence-corrected chi connectivity index (χ0v) is 11.3. The molecule has 1 aliphatic rings. The molecule has 100 valence electrons. The Kier molecular flexibility index (Phi) is 2.71. The molecule has 4 heteroatoms. The Balaban J connectivity index is 2.15. The van der Waals surface area contributed by atoms with Crippen LogP contribution in [0.1, 0.15) is 42.9 Å². The van der Waals surface area contributed by atoms with Gasteiger partial charge in [0, 0.05) is 11.9 Å². The smallest absolute Gasteiger partial charge is 0.166 e. The van der Waals surface area contributed by atoms with Crippen LogP contribution in [0.25, 0.3) is 11.0 Å². The number of nitrogens with zero attached hydrogens (tertiary/aromatic N) is 2. The van der Waals surface area contributed by atoms with Crippen LogP contribution in [0.2, 0.25) is 0 Å². The quantitative estimate of drug-likeness (QED) is 0.857. The summed E-state index contributed by atoms with van der Waals surface area (Å²) in [6.45, 7) is 4.28. The second kappa shape index (κ2) is 4.17. The Morgan fingerprint density at radius 3 is 2.79 bits per heavy atom. The molecule has 4 nitrogen and oxygen atoms in total. The fourth-order valence-corrected chi connectivity index (χ4v) is 2.34. The van der Waals surface area contributed by atoms with E-state index >= 15 is 0 Å². The van der Waals surface area contributed by atoms with Gasteiger partial charge in [-0.15, -0.1) is 0 Å². The lowest BCUT2D eigenvalue weighted by atomic mass is 10.0. The summed E-state index contributed by atoms with van der Waals surface area (Å²) in [6.07, 6.45) is 3.33. The summed E-state index contributed by atoms with van der Waals surface area (Å²) in [7, 11) is 0. The Labute approximate surface area is 112 Å². The van der Waals surface area contributed by atoms with Gasteiger partial charge < -0.3 is 9.67 Å². The molecule has 2 aromatic heterocycles. The standard InChI is InChI=1S/C15H18N2O2/c1-15(2,19)13-6-5-11-7-12(9-18)17(14(11)16-13)8-10-3-4-10/h5-7,9-10,19H,3-4,8H2,1-2H3. The maximum absolute atomic E-state index is 11.2. The maximum atomic E-state index is 11.2. The average molecular weight is 258 g/mol. The number of hydrogen-bond donors (Lipinski definition) is 1. The first-order valence-corrected chi connectivity index (χ1v) is 6.67. The van der Waals surface area contributed by atoms with Crippen LogP contribution in [0.3, 0.4) is 0 Å². The highest BCUT2D eigenvalue weighted by Crippen LogP contribution is 2.33. The number of carbonyl (C=O) groups excluding carboxylic acids is 1. The molecule has 1 aliphatic carbocycles. The Morgan fingerprint density at radius 2 is 2.21 bits per heavy atom. The van der Waals surface area contributed by atoms with E-state index in [-0.39, 0.29) is 0 Å². The number of rotatable bonds is 4. The van der Waals surface area contributed by atoms with Crippen molar-refractivity contribution in [1.82, 2.24) is 9.55 Å². The lowest BCUT2D eigenvalue weighted by Crippen LogP contribution is -2.18. The summed E-state index contributed by atoms with van der Waals surface area (Å²) in [5.41, 5.74) is 1.13. The molecule has 0 amide bonds. The van der Waals surface area contributed by atoms with E-state index in [4.69, 9.17) is 0 Å². The van der Waals surface area contributed by atoms with Crippen molar-refractivity contribution in [1.29, 1.82) is 0 Å². The zero-order chi connectivity index (χ0) is 13.6. The molecule has 2 heterocycles. The van der Waals surface area contributed by atoms with Crippen molar-refractivity contribution in [2.75, 3.05) is 0 Å². The van der Waals surface area contributed by atoms with E-state index in [2.05, 4.69) is 4.98 Å². The second-order valence-corrected chi connectivity index (χ2v) is 5.91. The van der Waals surface area contributed by atoms with Crippen LogP contribution in [-0.2, 0) is 12.1 Å². The van der Waals surface area contributed by atoms with Gasteiger partial charge in [0.1, 0.15) is 11.2 Å². The van der Waals surface area contributed by atoms with E-state index in [0.29, 0.717) is 17.3 Å². The lowest BCUT2D eigenvalue weighted by molar-refractivity contribution is 0.0741. The Morgan fingerprint density at radius 1 is 1.47 bits per heavy atom. The molecule has 1 fully saturated rings. The van der Waals surface area contributed by atoms with Crippen LogP contribution in [0, 0.1) is 5.92 Å². The van der Waals surface area contributed by atoms with Crippen molar-refractivity contribution < 1.29 is 9.90 Å². The lowest BCUT2D eigenvalue weighted by Gasteiger charge is -2.16.